The first kappa shape index (κ1) is 13.0. The van der Waals surface area contributed by atoms with Gasteiger partial charge < -0.3 is 9.73 Å². The Hall–Kier alpha value is -2.03. The number of aryl methyl sites for hydroxylation is 1. The minimum absolute atomic E-state index is 0.102. The van der Waals surface area contributed by atoms with Gasteiger partial charge in [0.15, 0.2) is 0 Å². The third-order valence-electron chi connectivity index (χ3n) is 4.09. The van der Waals surface area contributed by atoms with Crippen molar-refractivity contribution in [2.75, 3.05) is 0 Å². The van der Waals surface area contributed by atoms with Crippen LogP contribution in [0, 0.1) is 0 Å². The molecule has 3 rings (SSSR count). The summed E-state index contributed by atoms with van der Waals surface area (Å²) >= 11 is 0. The topological polar surface area (TPSA) is 42.2 Å². The summed E-state index contributed by atoms with van der Waals surface area (Å²) in [5.41, 5.74) is 1.08. The van der Waals surface area contributed by atoms with Crippen molar-refractivity contribution in [3.63, 3.8) is 0 Å². The lowest BCUT2D eigenvalue weighted by molar-refractivity contribution is -0.124. The molecule has 1 saturated carbocycles. The average molecular weight is 269 g/mol. The van der Waals surface area contributed by atoms with E-state index in [4.69, 9.17) is 4.42 Å². The van der Waals surface area contributed by atoms with Crippen molar-refractivity contribution in [2.45, 2.75) is 37.6 Å². The number of hydrogen-bond donors (Lipinski definition) is 1. The quantitative estimate of drug-likeness (QED) is 0.903. The van der Waals surface area contributed by atoms with Crippen molar-refractivity contribution < 1.29 is 9.21 Å². The summed E-state index contributed by atoms with van der Waals surface area (Å²) < 4.78 is 5.26. The molecular formula is C17H19NO2. The Kier molecular flexibility index (Phi) is 3.59. The summed E-state index contributed by atoms with van der Waals surface area (Å²) in [5.74, 6) is 0.965. The van der Waals surface area contributed by atoms with Gasteiger partial charge in [-0.25, -0.2) is 0 Å². The SMILES string of the molecule is O=C(CCc1ccco1)NC1(c2ccccc2)CCC1. The fourth-order valence-corrected chi connectivity index (χ4v) is 2.79. The number of benzene rings is 1. The van der Waals surface area contributed by atoms with E-state index in [9.17, 15) is 4.79 Å². The van der Waals surface area contributed by atoms with Crippen LogP contribution >= 0.6 is 0 Å². The molecule has 20 heavy (non-hydrogen) atoms. The van der Waals surface area contributed by atoms with Crippen LogP contribution in [0.5, 0.6) is 0 Å². The largest absolute Gasteiger partial charge is 0.469 e. The van der Waals surface area contributed by atoms with Gasteiger partial charge in [-0.2, -0.15) is 0 Å². The lowest BCUT2D eigenvalue weighted by atomic mass is 9.71. The first-order valence-corrected chi connectivity index (χ1v) is 7.17. The van der Waals surface area contributed by atoms with Gasteiger partial charge >= 0.3 is 0 Å². The maximum atomic E-state index is 12.2. The van der Waals surface area contributed by atoms with Gasteiger partial charge in [0.2, 0.25) is 5.91 Å². The average Bonchev–Trinajstić information content (AvgIpc) is 2.95. The Balaban J connectivity index is 1.62. The van der Waals surface area contributed by atoms with Crippen molar-refractivity contribution in [3.8, 4) is 0 Å². The summed E-state index contributed by atoms with van der Waals surface area (Å²) in [5, 5.41) is 3.23. The molecule has 3 nitrogen and oxygen atoms in total. The van der Waals surface area contributed by atoms with Gasteiger partial charge in [-0.15, -0.1) is 0 Å². The van der Waals surface area contributed by atoms with Crippen molar-refractivity contribution in [1.82, 2.24) is 5.32 Å². The smallest absolute Gasteiger partial charge is 0.221 e. The monoisotopic (exact) mass is 269 g/mol. The van der Waals surface area contributed by atoms with Crippen LogP contribution in [0.4, 0.5) is 0 Å². The summed E-state index contributed by atoms with van der Waals surface area (Å²) in [4.78, 5) is 12.2. The predicted octanol–water partition coefficient (Wildman–Crippen LogP) is 3.41. The van der Waals surface area contributed by atoms with Crippen LogP contribution in [0.15, 0.2) is 53.1 Å². The molecular weight excluding hydrogens is 250 g/mol. The van der Waals surface area contributed by atoms with E-state index in [1.54, 1.807) is 6.26 Å². The molecule has 1 amide bonds. The number of nitrogens with one attached hydrogen (secondary N) is 1. The lowest BCUT2D eigenvalue weighted by Crippen LogP contribution is -2.50. The van der Waals surface area contributed by atoms with E-state index >= 15 is 0 Å². The van der Waals surface area contributed by atoms with Gasteiger partial charge in [-0.05, 0) is 37.0 Å². The summed E-state index contributed by atoms with van der Waals surface area (Å²) in [6, 6.07) is 14.0. The second-order valence-electron chi connectivity index (χ2n) is 5.43. The third-order valence-corrected chi connectivity index (χ3v) is 4.09. The number of amides is 1. The Morgan fingerprint density at radius 3 is 2.55 bits per heavy atom. The number of furan rings is 1. The van der Waals surface area contributed by atoms with Gasteiger partial charge in [0.1, 0.15) is 5.76 Å². The fraction of sp³-hybridized carbons (Fsp3) is 0.353. The van der Waals surface area contributed by atoms with Crippen LogP contribution in [0.1, 0.15) is 37.0 Å². The molecule has 0 bridgehead atoms. The molecule has 1 N–H and O–H groups in total. The van der Waals surface area contributed by atoms with Crippen LogP contribution in [0.25, 0.3) is 0 Å². The molecule has 104 valence electrons. The summed E-state index contributed by atoms with van der Waals surface area (Å²) in [6.07, 6.45) is 6.01. The number of rotatable bonds is 5. The highest BCUT2D eigenvalue weighted by molar-refractivity contribution is 5.77. The fourth-order valence-electron chi connectivity index (χ4n) is 2.79. The van der Waals surface area contributed by atoms with E-state index in [0.717, 1.165) is 18.6 Å². The Labute approximate surface area is 119 Å². The molecule has 3 heteroatoms. The predicted molar refractivity (Wildman–Crippen MR) is 77.1 cm³/mol. The molecule has 1 heterocycles. The highest BCUT2D eigenvalue weighted by atomic mass is 16.3. The van der Waals surface area contributed by atoms with Crippen LogP contribution in [-0.2, 0) is 16.8 Å². The number of carbonyl (C=O) groups excluding carboxylic acids is 1. The molecule has 0 spiro atoms. The molecule has 0 aliphatic heterocycles. The van der Waals surface area contributed by atoms with Gasteiger partial charge in [0.25, 0.3) is 0 Å². The van der Waals surface area contributed by atoms with Gasteiger partial charge in [0.05, 0.1) is 11.8 Å². The Morgan fingerprint density at radius 2 is 1.95 bits per heavy atom. The number of hydrogen-bond acceptors (Lipinski definition) is 2. The summed E-state index contributed by atoms with van der Waals surface area (Å²) in [7, 11) is 0. The van der Waals surface area contributed by atoms with E-state index in [0.29, 0.717) is 12.8 Å². The first-order valence-electron chi connectivity index (χ1n) is 7.17. The standard InChI is InChI=1S/C17H19NO2/c19-16(10-9-15-8-4-13-20-15)18-17(11-5-12-17)14-6-2-1-3-7-14/h1-4,6-8,13H,5,9-12H2,(H,18,19). The maximum Gasteiger partial charge on any atom is 0.221 e. The van der Waals surface area contributed by atoms with E-state index in [1.165, 1.54) is 12.0 Å². The molecule has 0 radical (unpaired) electrons. The molecule has 1 aromatic carbocycles. The van der Waals surface area contributed by atoms with Crippen LogP contribution in [0.2, 0.25) is 0 Å². The van der Waals surface area contributed by atoms with Gasteiger partial charge in [-0.3, -0.25) is 4.79 Å². The van der Waals surface area contributed by atoms with E-state index < -0.39 is 0 Å². The molecule has 0 unspecified atom stereocenters. The van der Waals surface area contributed by atoms with Crippen molar-refractivity contribution in [1.29, 1.82) is 0 Å². The number of carbonyl (C=O) groups is 1. The second-order valence-corrected chi connectivity index (χ2v) is 5.43. The Morgan fingerprint density at radius 1 is 1.15 bits per heavy atom. The normalized spacial score (nSPS) is 16.4. The van der Waals surface area contributed by atoms with Crippen molar-refractivity contribution in [3.05, 3.63) is 60.1 Å². The first-order chi connectivity index (χ1) is 9.78. The zero-order valence-corrected chi connectivity index (χ0v) is 11.5. The van der Waals surface area contributed by atoms with Crippen molar-refractivity contribution >= 4 is 5.91 Å². The summed E-state index contributed by atoms with van der Waals surface area (Å²) in [6.45, 7) is 0. The highest BCUT2D eigenvalue weighted by Gasteiger charge is 2.39. The molecule has 1 fully saturated rings. The minimum atomic E-state index is -0.137. The third kappa shape index (κ3) is 2.62. The molecule has 1 aliphatic rings. The molecule has 2 aromatic rings. The maximum absolute atomic E-state index is 12.2. The zero-order valence-electron chi connectivity index (χ0n) is 11.5. The highest BCUT2D eigenvalue weighted by Crippen LogP contribution is 2.41. The molecule has 0 saturated heterocycles. The van der Waals surface area contributed by atoms with Crippen LogP contribution in [0.3, 0.4) is 0 Å². The zero-order chi connectivity index (χ0) is 13.8. The lowest BCUT2D eigenvalue weighted by Gasteiger charge is -2.43. The van der Waals surface area contributed by atoms with Crippen LogP contribution in [-0.4, -0.2) is 5.91 Å². The van der Waals surface area contributed by atoms with E-state index in [-0.39, 0.29) is 11.4 Å². The minimum Gasteiger partial charge on any atom is -0.469 e. The molecule has 1 aliphatic carbocycles. The van der Waals surface area contributed by atoms with Crippen LogP contribution < -0.4 is 5.32 Å². The Bertz CT molecular complexity index is 556. The van der Waals surface area contributed by atoms with Gasteiger partial charge in [-0.1, -0.05) is 30.3 Å². The van der Waals surface area contributed by atoms with Gasteiger partial charge in [0, 0.05) is 12.8 Å². The van der Waals surface area contributed by atoms with E-state index in [2.05, 4.69) is 17.4 Å². The second kappa shape index (κ2) is 5.53. The molecule has 1 aromatic heterocycles. The molecule has 0 atom stereocenters. The van der Waals surface area contributed by atoms with E-state index in [1.807, 2.05) is 30.3 Å². The van der Waals surface area contributed by atoms with Crippen molar-refractivity contribution in [2.24, 2.45) is 0 Å².